The van der Waals surface area contributed by atoms with Crippen LogP contribution in [0.4, 0.5) is 5.69 Å². The van der Waals surface area contributed by atoms with Gasteiger partial charge in [-0.05, 0) is 42.3 Å². The van der Waals surface area contributed by atoms with E-state index in [2.05, 4.69) is 46.3 Å². The standard InChI is InChI=1S/C21H27N3O2/c1-17-4-3-5-19(14-17)24-12-10-23(11-13-24)16-21(25)22-15-18-6-8-20(26-2)9-7-18/h3-9,14H,10-13,15-16H2,1-2H3,(H,22,25). The van der Waals surface area contributed by atoms with Gasteiger partial charge in [0.05, 0.1) is 13.7 Å². The number of hydrogen-bond acceptors (Lipinski definition) is 4. The molecule has 3 rings (SSSR count). The molecule has 1 fully saturated rings. The van der Waals surface area contributed by atoms with Crippen LogP contribution in [0.1, 0.15) is 11.1 Å². The molecule has 2 aromatic carbocycles. The van der Waals surface area contributed by atoms with E-state index >= 15 is 0 Å². The fraction of sp³-hybridized carbons (Fsp3) is 0.381. The van der Waals surface area contributed by atoms with Crippen LogP contribution in [-0.2, 0) is 11.3 Å². The molecule has 0 saturated carbocycles. The van der Waals surface area contributed by atoms with Crippen molar-refractivity contribution in [2.75, 3.05) is 44.7 Å². The predicted octanol–water partition coefficient (Wildman–Crippen LogP) is 2.44. The van der Waals surface area contributed by atoms with Crippen molar-refractivity contribution in [2.24, 2.45) is 0 Å². The van der Waals surface area contributed by atoms with E-state index in [1.54, 1.807) is 7.11 Å². The molecule has 0 spiro atoms. The fourth-order valence-corrected chi connectivity index (χ4v) is 3.19. The zero-order chi connectivity index (χ0) is 18.4. The molecule has 0 bridgehead atoms. The number of nitrogens with zero attached hydrogens (tertiary/aromatic N) is 2. The van der Waals surface area contributed by atoms with E-state index in [0.717, 1.165) is 37.5 Å². The summed E-state index contributed by atoms with van der Waals surface area (Å²) in [6, 6.07) is 16.4. The number of piperazine rings is 1. The van der Waals surface area contributed by atoms with E-state index < -0.39 is 0 Å². The van der Waals surface area contributed by atoms with E-state index in [9.17, 15) is 4.79 Å². The zero-order valence-corrected chi connectivity index (χ0v) is 15.6. The maximum atomic E-state index is 12.2. The monoisotopic (exact) mass is 353 g/mol. The molecule has 26 heavy (non-hydrogen) atoms. The number of carbonyl (C=O) groups is 1. The number of carbonyl (C=O) groups excluding carboxylic acids is 1. The smallest absolute Gasteiger partial charge is 0.234 e. The molecular formula is C21H27N3O2. The summed E-state index contributed by atoms with van der Waals surface area (Å²) in [6.07, 6.45) is 0. The lowest BCUT2D eigenvalue weighted by Crippen LogP contribution is -2.49. The van der Waals surface area contributed by atoms with Gasteiger partial charge in [-0.25, -0.2) is 0 Å². The van der Waals surface area contributed by atoms with Crippen molar-refractivity contribution in [3.8, 4) is 5.75 Å². The van der Waals surface area contributed by atoms with Gasteiger partial charge in [-0.1, -0.05) is 24.3 Å². The Kier molecular flexibility index (Phi) is 6.12. The molecule has 1 aliphatic rings. The summed E-state index contributed by atoms with van der Waals surface area (Å²) < 4.78 is 5.14. The van der Waals surface area contributed by atoms with Gasteiger partial charge in [-0.3, -0.25) is 9.69 Å². The molecule has 2 aromatic rings. The number of methoxy groups -OCH3 is 1. The molecule has 5 nitrogen and oxygen atoms in total. The Morgan fingerprint density at radius 1 is 1.08 bits per heavy atom. The van der Waals surface area contributed by atoms with Crippen LogP contribution in [0.25, 0.3) is 0 Å². The predicted molar refractivity (Wildman–Crippen MR) is 105 cm³/mol. The number of nitrogens with one attached hydrogen (secondary N) is 1. The number of anilines is 1. The maximum absolute atomic E-state index is 12.2. The fourth-order valence-electron chi connectivity index (χ4n) is 3.19. The molecule has 0 aromatic heterocycles. The molecule has 138 valence electrons. The van der Waals surface area contributed by atoms with E-state index in [0.29, 0.717) is 13.1 Å². The number of ether oxygens (including phenoxy) is 1. The first-order valence-electron chi connectivity index (χ1n) is 9.07. The van der Waals surface area contributed by atoms with Crippen molar-refractivity contribution in [2.45, 2.75) is 13.5 Å². The number of amides is 1. The Bertz CT molecular complexity index is 722. The second-order valence-electron chi connectivity index (χ2n) is 6.73. The number of rotatable bonds is 6. The Morgan fingerprint density at radius 3 is 2.46 bits per heavy atom. The van der Waals surface area contributed by atoms with Crippen molar-refractivity contribution < 1.29 is 9.53 Å². The van der Waals surface area contributed by atoms with E-state index in [-0.39, 0.29) is 5.91 Å². The van der Waals surface area contributed by atoms with Gasteiger partial charge >= 0.3 is 0 Å². The van der Waals surface area contributed by atoms with Gasteiger partial charge in [-0.15, -0.1) is 0 Å². The SMILES string of the molecule is COc1ccc(CNC(=O)CN2CCN(c3cccc(C)c3)CC2)cc1. The summed E-state index contributed by atoms with van der Waals surface area (Å²) in [5, 5.41) is 3.00. The zero-order valence-electron chi connectivity index (χ0n) is 15.6. The molecule has 1 N–H and O–H groups in total. The molecule has 1 saturated heterocycles. The second-order valence-corrected chi connectivity index (χ2v) is 6.73. The molecule has 0 aliphatic carbocycles. The van der Waals surface area contributed by atoms with Gasteiger partial charge in [0, 0.05) is 38.4 Å². The van der Waals surface area contributed by atoms with Crippen LogP contribution < -0.4 is 15.0 Å². The van der Waals surface area contributed by atoms with Crippen molar-refractivity contribution in [3.05, 3.63) is 59.7 Å². The first-order chi connectivity index (χ1) is 12.6. The van der Waals surface area contributed by atoms with Crippen LogP contribution >= 0.6 is 0 Å². The average molecular weight is 353 g/mol. The van der Waals surface area contributed by atoms with Crippen LogP contribution in [0.2, 0.25) is 0 Å². The topological polar surface area (TPSA) is 44.8 Å². The number of benzene rings is 2. The Balaban J connectivity index is 1.41. The third kappa shape index (κ3) is 4.99. The van der Waals surface area contributed by atoms with Crippen LogP contribution in [0.15, 0.2) is 48.5 Å². The van der Waals surface area contributed by atoms with E-state index in [1.165, 1.54) is 11.3 Å². The number of aryl methyl sites for hydroxylation is 1. The van der Waals surface area contributed by atoms with Gasteiger partial charge < -0.3 is 15.0 Å². The largest absolute Gasteiger partial charge is 0.497 e. The normalized spacial score (nSPS) is 14.9. The molecule has 5 heteroatoms. The van der Waals surface area contributed by atoms with E-state index in [4.69, 9.17) is 4.74 Å². The summed E-state index contributed by atoms with van der Waals surface area (Å²) in [4.78, 5) is 16.8. The summed E-state index contributed by atoms with van der Waals surface area (Å²) in [7, 11) is 1.65. The summed E-state index contributed by atoms with van der Waals surface area (Å²) in [6.45, 7) is 6.84. The summed E-state index contributed by atoms with van der Waals surface area (Å²) in [5.74, 6) is 0.899. The summed E-state index contributed by atoms with van der Waals surface area (Å²) >= 11 is 0. The van der Waals surface area contributed by atoms with Crippen molar-refractivity contribution in [3.63, 3.8) is 0 Å². The minimum Gasteiger partial charge on any atom is -0.497 e. The highest BCUT2D eigenvalue weighted by molar-refractivity contribution is 5.78. The van der Waals surface area contributed by atoms with Gasteiger partial charge in [0.15, 0.2) is 0 Å². The van der Waals surface area contributed by atoms with Crippen LogP contribution in [0, 0.1) is 6.92 Å². The third-order valence-corrected chi connectivity index (χ3v) is 4.76. The molecular weight excluding hydrogens is 326 g/mol. The summed E-state index contributed by atoms with van der Waals surface area (Å²) in [5.41, 5.74) is 3.62. The van der Waals surface area contributed by atoms with Gasteiger partial charge in [0.1, 0.15) is 5.75 Å². The molecule has 1 amide bonds. The molecule has 0 atom stereocenters. The molecule has 0 radical (unpaired) electrons. The van der Waals surface area contributed by atoms with Crippen LogP contribution in [-0.4, -0.2) is 50.6 Å². The second kappa shape index (κ2) is 8.72. The van der Waals surface area contributed by atoms with Gasteiger partial charge in [0.2, 0.25) is 5.91 Å². The molecule has 0 unspecified atom stereocenters. The quantitative estimate of drug-likeness (QED) is 0.866. The highest BCUT2D eigenvalue weighted by Crippen LogP contribution is 2.17. The van der Waals surface area contributed by atoms with Crippen molar-refractivity contribution in [1.82, 2.24) is 10.2 Å². The van der Waals surface area contributed by atoms with Gasteiger partial charge in [-0.2, -0.15) is 0 Å². The lowest BCUT2D eigenvalue weighted by Gasteiger charge is -2.35. The highest BCUT2D eigenvalue weighted by atomic mass is 16.5. The minimum absolute atomic E-state index is 0.0739. The van der Waals surface area contributed by atoms with Crippen molar-refractivity contribution in [1.29, 1.82) is 0 Å². The first kappa shape index (κ1) is 18.3. The number of hydrogen-bond donors (Lipinski definition) is 1. The van der Waals surface area contributed by atoms with Crippen LogP contribution in [0.3, 0.4) is 0 Å². The Morgan fingerprint density at radius 2 is 1.81 bits per heavy atom. The average Bonchev–Trinajstić information content (AvgIpc) is 2.67. The molecule has 1 heterocycles. The first-order valence-corrected chi connectivity index (χ1v) is 9.07. The minimum atomic E-state index is 0.0739. The molecule has 1 aliphatic heterocycles. The van der Waals surface area contributed by atoms with E-state index in [1.807, 2.05) is 24.3 Å². The maximum Gasteiger partial charge on any atom is 0.234 e. The third-order valence-electron chi connectivity index (χ3n) is 4.76. The lowest BCUT2D eigenvalue weighted by molar-refractivity contribution is -0.122. The Labute approximate surface area is 155 Å². The lowest BCUT2D eigenvalue weighted by atomic mass is 10.2. The highest BCUT2D eigenvalue weighted by Gasteiger charge is 2.19. The van der Waals surface area contributed by atoms with Crippen molar-refractivity contribution >= 4 is 11.6 Å². The Hall–Kier alpha value is -2.53. The van der Waals surface area contributed by atoms with Crippen LogP contribution in [0.5, 0.6) is 5.75 Å². The van der Waals surface area contributed by atoms with Gasteiger partial charge in [0.25, 0.3) is 0 Å².